The van der Waals surface area contributed by atoms with E-state index in [0.29, 0.717) is 55.2 Å². The summed E-state index contributed by atoms with van der Waals surface area (Å²) >= 11 is 1.44. The quantitative estimate of drug-likeness (QED) is 0.808. The van der Waals surface area contributed by atoms with Gasteiger partial charge in [-0.1, -0.05) is 6.07 Å². The minimum atomic E-state index is -0.601. The van der Waals surface area contributed by atoms with Gasteiger partial charge in [-0.2, -0.15) is 0 Å². The smallest absolute Gasteiger partial charge is 0.263 e. The van der Waals surface area contributed by atoms with E-state index < -0.39 is 5.60 Å². The Balaban J connectivity index is 1.57. The van der Waals surface area contributed by atoms with Crippen LogP contribution >= 0.6 is 11.3 Å². The molecule has 1 aromatic carbocycles. The third kappa shape index (κ3) is 3.06. The Kier molecular flexibility index (Phi) is 4.55. The van der Waals surface area contributed by atoms with Crippen LogP contribution in [0.2, 0.25) is 0 Å². The van der Waals surface area contributed by atoms with Crippen molar-refractivity contribution in [1.82, 2.24) is 4.90 Å². The molecule has 1 fully saturated rings. The van der Waals surface area contributed by atoms with Crippen molar-refractivity contribution < 1.29 is 23.8 Å². The van der Waals surface area contributed by atoms with Gasteiger partial charge < -0.3 is 19.1 Å². The summed E-state index contributed by atoms with van der Waals surface area (Å²) in [4.78, 5) is 27.9. The van der Waals surface area contributed by atoms with Gasteiger partial charge in [0, 0.05) is 25.9 Å². The highest BCUT2D eigenvalue weighted by Gasteiger charge is 2.45. The van der Waals surface area contributed by atoms with Crippen LogP contribution in [0.3, 0.4) is 0 Å². The standard InChI is InChI=1S/C20H21NO5S/c1-24-15-6-5-13-14(22)12-20(26-17(13)18(15)25-2)7-9-21(10-8-20)19(23)16-4-3-11-27-16/h3-6,11H,7-10,12H2,1-2H3. The molecule has 0 radical (unpaired) electrons. The minimum absolute atomic E-state index is 0.0373. The van der Waals surface area contributed by atoms with Crippen molar-refractivity contribution in [2.24, 2.45) is 0 Å². The Morgan fingerprint density at radius 3 is 2.59 bits per heavy atom. The Hall–Kier alpha value is -2.54. The van der Waals surface area contributed by atoms with Crippen LogP contribution in [0.25, 0.3) is 0 Å². The first kappa shape index (κ1) is 17.9. The average Bonchev–Trinajstić information content (AvgIpc) is 3.22. The molecular formula is C20H21NO5S. The molecule has 2 aromatic rings. The van der Waals surface area contributed by atoms with Crippen LogP contribution in [0.15, 0.2) is 29.6 Å². The molecule has 6 nitrogen and oxygen atoms in total. The molecule has 2 aliphatic heterocycles. The zero-order chi connectivity index (χ0) is 19.0. The molecule has 142 valence electrons. The number of benzene rings is 1. The van der Waals surface area contributed by atoms with Crippen LogP contribution in [0.1, 0.15) is 39.3 Å². The van der Waals surface area contributed by atoms with E-state index >= 15 is 0 Å². The lowest BCUT2D eigenvalue weighted by Crippen LogP contribution is -2.52. The Bertz CT molecular complexity index is 869. The van der Waals surface area contributed by atoms with Crippen LogP contribution < -0.4 is 14.2 Å². The Labute approximate surface area is 161 Å². The molecule has 1 amide bonds. The van der Waals surface area contributed by atoms with Gasteiger partial charge in [-0.25, -0.2) is 0 Å². The molecule has 0 bridgehead atoms. The molecule has 0 atom stereocenters. The van der Waals surface area contributed by atoms with Crippen molar-refractivity contribution in [1.29, 1.82) is 0 Å². The number of rotatable bonds is 3. The predicted octanol–water partition coefficient (Wildman–Crippen LogP) is 3.41. The second-order valence-electron chi connectivity index (χ2n) is 6.83. The number of methoxy groups -OCH3 is 2. The molecular weight excluding hydrogens is 366 g/mol. The van der Waals surface area contributed by atoms with Gasteiger partial charge in [-0.15, -0.1) is 11.3 Å². The van der Waals surface area contributed by atoms with Crippen LogP contribution in [-0.4, -0.2) is 49.5 Å². The van der Waals surface area contributed by atoms with Crippen molar-refractivity contribution in [2.45, 2.75) is 24.9 Å². The molecule has 0 aliphatic carbocycles. The number of nitrogens with zero attached hydrogens (tertiary/aromatic N) is 1. The SMILES string of the molecule is COc1ccc2c(c1OC)OC1(CCN(C(=O)c3cccs3)CC1)CC2=O. The van der Waals surface area contributed by atoms with E-state index in [1.807, 2.05) is 22.4 Å². The van der Waals surface area contributed by atoms with Crippen LogP contribution in [0.4, 0.5) is 0 Å². The molecule has 2 aliphatic rings. The van der Waals surface area contributed by atoms with E-state index in [-0.39, 0.29) is 11.7 Å². The normalized spacial score (nSPS) is 18.0. The number of likely N-dealkylation sites (tertiary alicyclic amines) is 1. The summed E-state index contributed by atoms with van der Waals surface area (Å²) in [7, 11) is 3.09. The fraction of sp³-hybridized carbons (Fsp3) is 0.400. The molecule has 3 heterocycles. The lowest BCUT2D eigenvalue weighted by molar-refractivity contribution is -0.00734. The highest BCUT2D eigenvalue weighted by molar-refractivity contribution is 7.12. The molecule has 1 saturated heterocycles. The van der Waals surface area contributed by atoms with Crippen LogP contribution in [0.5, 0.6) is 17.2 Å². The van der Waals surface area contributed by atoms with Gasteiger partial charge in [-0.3, -0.25) is 9.59 Å². The second kappa shape index (κ2) is 6.88. The van der Waals surface area contributed by atoms with Gasteiger partial charge in [0.15, 0.2) is 17.3 Å². The van der Waals surface area contributed by atoms with E-state index in [4.69, 9.17) is 14.2 Å². The molecule has 4 rings (SSSR count). The fourth-order valence-corrected chi connectivity index (χ4v) is 4.50. The Morgan fingerprint density at radius 1 is 1.19 bits per heavy atom. The first-order valence-corrected chi connectivity index (χ1v) is 9.75. The lowest BCUT2D eigenvalue weighted by Gasteiger charge is -2.44. The zero-order valence-electron chi connectivity index (χ0n) is 15.3. The Morgan fingerprint density at radius 2 is 1.96 bits per heavy atom. The zero-order valence-corrected chi connectivity index (χ0v) is 16.1. The highest BCUT2D eigenvalue weighted by Crippen LogP contribution is 2.47. The largest absolute Gasteiger partial charge is 0.493 e. The molecule has 7 heteroatoms. The van der Waals surface area contributed by atoms with Crippen LogP contribution in [0, 0.1) is 0 Å². The molecule has 0 N–H and O–H groups in total. The minimum Gasteiger partial charge on any atom is -0.493 e. The summed E-state index contributed by atoms with van der Waals surface area (Å²) in [5, 5.41) is 1.90. The maximum Gasteiger partial charge on any atom is 0.263 e. The van der Waals surface area contributed by atoms with Crippen molar-refractivity contribution in [3.63, 3.8) is 0 Å². The number of ketones is 1. The first-order valence-electron chi connectivity index (χ1n) is 8.87. The van der Waals surface area contributed by atoms with Crippen molar-refractivity contribution in [3.05, 3.63) is 40.1 Å². The fourth-order valence-electron chi connectivity index (χ4n) is 3.81. The van der Waals surface area contributed by atoms with Crippen molar-refractivity contribution in [3.8, 4) is 17.2 Å². The van der Waals surface area contributed by atoms with E-state index in [2.05, 4.69) is 0 Å². The molecule has 27 heavy (non-hydrogen) atoms. The summed E-state index contributed by atoms with van der Waals surface area (Å²) in [5.41, 5.74) is -0.0777. The summed E-state index contributed by atoms with van der Waals surface area (Å²) in [6.07, 6.45) is 1.53. The van der Waals surface area contributed by atoms with E-state index in [9.17, 15) is 9.59 Å². The van der Waals surface area contributed by atoms with Gasteiger partial charge in [0.25, 0.3) is 5.91 Å². The van der Waals surface area contributed by atoms with Crippen LogP contribution in [-0.2, 0) is 0 Å². The summed E-state index contributed by atoms with van der Waals surface area (Å²) in [6, 6.07) is 7.16. The van der Waals surface area contributed by atoms with Crippen molar-refractivity contribution >= 4 is 23.0 Å². The number of piperidine rings is 1. The number of hydrogen-bond acceptors (Lipinski definition) is 6. The number of carbonyl (C=O) groups excluding carboxylic acids is 2. The molecule has 0 saturated carbocycles. The first-order chi connectivity index (χ1) is 13.1. The van der Waals surface area contributed by atoms with E-state index in [0.717, 1.165) is 4.88 Å². The molecule has 0 unspecified atom stereocenters. The summed E-state index contributed by atoms with van der Waals surface area (Å²) in [6.45, 7) is 1.12. The summed E-state index contributed by atoms with van der Waals surface area (Å²) < 4.78 is 17.1. The predicted molar refractivity (Wildman–Crippen MR) is 101 cm³/mol. The second-order valence-corrected chi connectivity index (χ2v) is 7.78. The number of fused-ring (bicyclic) bond motifs is 1. The number of amides is 1. The molecule has 1 aromatic heterocycles. The van der Waals surface area contributed by atoms with E-state index in [1.54, 1.807) is 19.2 Å². The highest BCUT2D eigenvalue weighted by atomic mass is 32.1. The number of Topliss-reactive ketones (excluding diaryl/α,β-unsaturated/α-hetero) is 1. The number of carbonyl (C=O) groups is 2. The van der Waals surface area contributed by atoms with Gasteiger partial charge in [0.2, 0.25) is 5.75 Å². The third-order valence-electron chi connectivity index (χ3n) is 5.30. The number of hydrogen-bond donors (Lipinski definition) is 0. The van der Waals surface area contributed by atoms with Gasteiger partial charge in [0.1, 0.15) is 5.60 Å². The third-order valence-corrected chi connectivity index (χ3v) is 6.15. The monoisotopic (exact) mass is 387 g/mol. The van der Waals surface area contributed by atoms with Crippen molar-refractivity contribution in [2.75, 3.05) is 27.3 Å². The molecule has 1 spiro atoms. The number of ether oxygens (including phenoxy) is 3. The lowest BCUT2D eigenvalue weighted by atomic mass is 9.82. The van der Waals surface area contributed by atoms with Gasteiger partial charge in [0.05, 0.1) is 31.1 Å². The van der Waals surface area contributed by atoms with E-state index in [1.165, 1.54) is 18.4 Å². The topological polar surface area (TPSA) is 65.1 Å². The average molecular weight is 387 g/mol. The van der Waals surface area contributed by atoms with Gasteiger partial charge in [-0.05, 0) is 23.6 Å². The summed E-state index contributed by atoms with van der Waals surface area (Å²) in [5.74, 6) is 1.51. The number of thiophene rings is 1. The van der Waals surface area contributed by atoms with Gasteiger partial charge >= 0.3 is 0 Å². The maximum absolute atomic E-state index is 12.8. The maximum atomic E-state index is 12.8.